The number of rotatable bonds is 4. The van der Waals surface area contributed by atoms with E-state index in [0.717, 1.165) is 16.9 Å². The van der Waals surface area contributed by atoms with E-state index in [1.54, 1.807) is 7.11 Å². The molecule has 0 fully saturated rings. The quantitative estimate of drug-likeness (QED) is 0.777. The van der Waals surface area contributed by atoms with Gasteiger partial charge in [0, 0.05) is 6.42 Å². The molecule has 3 aromatic carbocycles. The highest BCUT2D eigenvalue weighted by atomic mass is 16.5. The number of ether oxygens (including phenoxy) is 1. The second kappa shape index (κ2) is 5.98. The molecule has 2 heteroatoms. The molecule has 0 amide bonds. The molecule has 0 saturated carbocycles. The fourth-order valence-corrected chi connectivity index (χ4v) is 2.65. The SMILES string of the molecule is COc1cccc(C(O)Cc2cccc3ccccc23)c1. The first-order chi connectivity index (χ1) is 10.3. The van der Waals surface area contributed by atoms with Gasteiger partial charge >= 0.3 is 0 Å². The van der Waals surface area contributed by atoms with E-state index in [0.29, 0.717) is 6.42 Å². The summed E-state index contributed by atoms with van der Waals surface area (Å²) in [5.74, 6) is 0.768. The molecular formula is C19H18O2. The second-order valence-electron chi connectivity index (χ2n) is 5.13. The lowest BCUT2D eigenvalue weighted by Gasteiger charge is -2.14. The zero-order valence-corrected chi connectivity index (χ0v) is 12.0. The highest BCUT2D eigenvalue weighted by molar-refractivity contribution is 5.85. The molecule has 1 N–H and O–H groups in total. The minimum absolute atomic E-state index is 0.536. The van der Waals surface area contributed by atoms with Gasteiger partial charge in [-0.05, 0) is 34.0 Å². The van der Waals surface area contributed by atoms with Crippen molar-refractivity contribution in [3.8, 4) is 5.75 Å². The third-order valence-corrected chi connectivity index (χ3v) is 3.77. The van der Waals surface area contributed by atoms with Gasteiger partial charge in [0.15, 0.2) is 0 Å². The van der Waals surface area contributed by atoms with E-state index in [1.165, 1.54) is 10.8 Å². The standard InChI is InChI=1S/C19H18O2/c1-21-17-10-5-9-16(12-17)19(20)13-15-8-4-7-14-6-2-3-11-18(14)15/h2-12,19-20H,13H2,1H3. The predicted molar refractivity (Wildman–Crippen MR) is 85.6 cm³/mol. The molecular weight excluding hydrogens is 260 g/mol. The molecule has 1 atom stereocenters. The van der Waals surface area contributed by atoms with Gasteiger partial charge in [0.1, 0.15) is 5.75 Å². The largest absolute Gasteiger partial charge is 0.497 e. The summed E-state index contributed by atoms with van der Waals surface area (Å²) in [6.07, 6.45) is 0.0556. The summed E-state index contributed by atoms with van der Waals surface area (Å²) in [5, 5.41) is 12.9. The van der Waals surface area contributed by atoms with Gasteiger partial charge in [-0.25, -0.2) is 0 Å². The zero-order chi connectivity index (χ0) is 14.7. The molecule has 0 aliphatic carbocycles. The maximum Gasteiger partial charge on any atom is 0.119 e. The van der Waals surface area contributed by atoms with Gasteiger partial charge in [-0.1, -0.05) is 54.6 Å². The van der Waals surface area contributed by atoms with Crippen LogP contribution in [0.4, 0.5) is 0 Å². The van der Waals surface area contributed by atoms with Gasteiger partial charge in [0.05, 0.1) is 13.2 Å². The van der Waals surface area contributed by atoms with E-state index < -0.39 is 6.10 Å². The van der Waals surface area contributed by atoms with E-state index >= 15 is 0 Å². The summed E-state index contributed by atoms with van der Waals surface area (Å²) in [6.45, 7) is 0. The molecule has 3 aromatic rings. The van der Waals surface area contributed by atoms with Crippen LogP contribution in [0.2, 0.25) is 0 Å². The van der Waals surface area contributed by atoms with Crippen molar-refractivity contribution in [3.63, 3.8) is 0 Å². The molecule has 0 spiro atoms. The minimum Gasteiger partial charge on any atom is -0.497 e. The van der Waals surface area contributed by atoms with E-state index in [9.17, 15) is 5.11 Å². The summed E-state index contributed by atoms with van der Waals surface area (Å²) < 4.78 is 5.21. The van der Waals surface area contributed by atoms with Gasteiger partial charge in [0.25, 0.3) is 0 Å². The van der Waals surface area contributed by atoms with Crippen LogP contribution in [0.3, 0.4) is 0 Å². The van der Waals surface area contributed by atoms with Gasteiger partial charge in [-0.2, -0.15) is 0 Å². The fourth-order valence-electron chi connectivity index (χ4n) is 2.65. The van der Waals surface area contributed by atoms with Crippen LogP contribution in [0.5, 0.6) is 5.75 Å². The average Bonchev–Trinajstić information content (AvgIpc) is 2.55. The van der Waals surface area contributed by atoms with Crippen LogP contribution in [0, 0.1) is 0 Å². The van der Waals surface area contributed by atoms with Gasteiger partial charge < -0.3 is 9.84 Å². The fraction of sp³-hybridized carbons (Fsp3) is 0.158. The molecule has 0 aliphatic rings. The Morgan fingerprint density at radius 1 is 0.952 bits per heavy atom. The molecule has 2 nitrogen and oxygen atoms in total. The Hall–Kier alpha value is -2.32. The lowest BCUT2D eigenvalue weighted by atomic mass is 9.96. The number of aliphatic hydroxyl groups is 1. The van der Waals surface area contributed by atoms with Crippen molar-refractivity contribution in [1.82, 2.24) is 0 Å². The van der Waals surface area contributed by atoms with Gasteiger partial charge in [-0.3, -0.25) is 0 Å². The first kappa shape index (κ1) is 13.7. The number of fused-ring (bicyclic) bond motifs is 1. The average molecular weight is 278 g/mol. The van der Waals surface area contributed by atoms with Gasteiger partial charge in [-0.15, -0.1) is 0 Å². The van der Waals surface area contributed by atoms with Crippen LogP contribution in [-0.4, -0.2) is 12.2 Å². The Labute approximate surface area is 124 Å². The highest BCUT2D eigenvalue weighted by Crippen LogP contribution is 2.26. The summed E-state index contributed by atoms with van der Waals surface area (Å²) >= 11 is 0. The molecule has 21 heavy (non-hydrogen) atoms. The molecule has 0 bridgehead atoms. The lowest BCUT2D eigenvalue weighted by molar-refractivity contribution is 0.178. The molecule has 3 rings (SSSR count). The van der Waals surface area contributed by atoms with Crippen LogP contribution in [-0.2, 0) is 6.42 Å². The van der Waals surface area contributed by atoms with Gasteiger partial charge in [0.2, 0.25) is 0 Å². The number of benzene rings is 3. The number of methoxy groups -OCH3 is 1. The Morgan fingerprint density at radius 3 is 2.57 bits per heavy atom. The van der Waals surface area contributed by atoms with E-state index in [2.05, 4.69) is 24.3 Å². The minimum atomic E-state index is -0.536. The lowest BCUT2D eigenvalue weighted by Crippen LogP contribution is -2.02. The van der Waals surface area contributed by atoms with Crippen LogP contribution in [0.15, 0.2) is 66.7 Å². The monoisotopic (exact) mass is 278 g/mol. The maximum absolute atomic E-state index is 10.5. The third kappa shape index (κ3) is 2.91. The van der Waals surface area contributed by atoms with Crippen LogP contribution in [0.1, 0.15) is 17.2 Å². The van der Waals surface area contributed by atoms with Crippen LogP contribution < -0.4 is 4.74 Å². The molecule has 1 unspecified atom stereocenters. The Bertz CT molecular complexity index is 744. The molecule has 0 radical (unpaired) electrons. The third-order valence-electron chi connectivity index (χ3n) is 3.77. The Morgan fingerprint density at radius 2 is 1.71 bits per heavy atom. The topological polar surface area (TPSA) is 29.5 Å². The Balaban J connectivity index is 1.90. The smallest absolute Gasteiger partial charge is 0.119 e. The number of hydrogen-bond acceptors (Lipinski definition) is 2. The van der Waals surface area contributed by atoms with Crippen molar-refractivity contribution < 1.29 is 9.84 Å². The van der Waals surface area contributed by atoms with Crippen molar-refractivity contribution in [1.29, 1.82) is 0 Å². The second-order valence-corrected chi connectivity index (χ2v) is 5.13. The summed E-state index contributed by atoms with van der Waals surface area (Å²) in [4.78, 5) is 0. The first-order valence-electron chi connectivity index (χ1n) is 7.06. The molecule has 106 valence electrons. The Kier molecular flexibility index (Phi) is 3.89. The zero-order valence-electron chi connectivity index (χ0n) is 12.0. The highest BCUT2D eigenvalue weighted by Gasteiger charge is 2.11. The van der Waals surface area contributed by atoms with Crippen molar-refractivity contribution in [3.05, 3.63) is 77.9 Å². The summed E-state index contributed by atoms with van der Waals surface area (Å²) in [5.41, 5.74) is 2.03. The summed E-state index contributed by atoms with van der Waals surface area (Å²) in [6, 6.07) is 22.1. The van der Waals surface area contributed by atoms with E-state index in [-0.39, 0.29) is 0 Å². The van der Waals surface area contributed by atoms with Crippen LogP contribution >= 0.6 is 0 Å². The number of hydrogen-bond donors (Lipinski definition) is 1. The van der Waals surface area contributed by atoms with Crippen LogP contribution in [0.25, 0.3) is 10.8 Å². The van der Waals surface area contributed by atoms with Crippen molar-refractivity contribution in [2.75, 3.05) is 7.11 Å². The van der Waals surface area contributed by atoms with E-state index in [1.807, 2.05) is 42.5 Å². The van der Waals surface area contributed by atoms with Crippen molar-refractivity contribution >= 4 is 10.8 Å². The molecule has 0 aromatic heterocycles. The first-order valence-corrected chi connectivity index (χ1v) is 7.06. The molecule has 0 aliphatic heterocycles. The van der Waals surface area contributed by atoms with Crippen molar-refractivity contribution in [2.24, 2.45) is 0 Å². The van der Waals surface area contributed by atoms with Crippen molar-refractivity contribution in [2.45, 2.75) is 12.5 Å². The molecule has 0 saturated heterocycles. The van der Waals surface area contributed by atoms with E-state index in [4.69, 9.17) is 4.74 Å². The normalized spacial score (nSPS) is 12.3. The summed E-state index contributed by atoms with van der Waals surface area (Å²) in [7, 11) is 1.64. The maximum atomic E-state index is 10.5. The number of aliphatic hydroxyl groups excluding tert-OH is 1. The molecule has 0 heterocycles. The predicted octanol–water partition coefficient (Wildman–Crippen LogP) is 4.12.